The van der Waals surface area contributed by atoms with Gasteiger partial charge in [0.1, 0.15) is 17.4 Å². The Balaban J connectivity index is 1.90. The number of benzene rings is 1. The lowest BCUT2D eigenvalue weighted by atomic mass is 9.69. The van der Waals surface area contributed by atoms with Gasteiger partial charge in [-0.2, -0.15) is 0 Å². The Labute approximate surface area is 195 Å². The second-order valence-electron chi connectivity index (χ2n) is 10.3. The summed E-state index contributed by atoms with van der Waals surface area (Å²) in [7, 11) is 0. The number of carbonyl (C=O) groups excluding carboxylic acids is 1. The largest absolute Gasteiger partial charge is 0.477 e. The van der Waals surface area contributed by atoms with Crippen molar-refractivity contribution < 1.29 is 19.1 Å². The molecule has 2 fully saturated rings. The molecular formula is C27H33FN2O3. The van der Waals surface area contributed by atoms with Gasteiger partial charge in [0, 0.05) is 6.54 Å². The molecule has 2 aliphatic rings. The molecule has 0 bridgehead atoms. The molecule has 0 aromatic heterocycles. The van der Waals surface area contributed by atoms with Gasteiger partial charge in [-0.15, -0.1) is 6.42 Å². The van der Waals surface area contributed by atoms with E-state index in [1.165, 1.54) is 18.2 Å². The van der Waals surface area contributed by atoms with E-state index in [9.17, 15) is 14.0 Å². The number of allylic oxidation sites excluding steroid dienone is 2. The number of amides is 1. The minimum absolute atomic E-state index is 0.0528. The van der Waals surface area contributed by atoms with Crippen LogP contribution in [0.4, 0.5) is 4.39 Å². The van der Waals surface area contributed by atoms with Gasteiger partial charge in [-0.25, -0.2) is 9.18 Å². The molecule has 1 aliphatic heterocycles. The number of aliphatic carboxylic acids is 1. The lowest BCUT2D eigenvalue weighted by Crippen LogP contribution is -2.55. The number of carboxylic acid groups (broad SMARTS) is 1. The fraction of sp³-hybridized carbons (Fsp3) is 0.481. The zero-order chi connectivity index (χ0) is 24.4. The molecule has 33 heavy (non-hydrogen) atoms. The van der Waals surface area contributed by atoms with Crippen LogP contribution >= 0.6 is 0 Å². The summed E-state index contributed by atoms with van der Waals surface area (Å²) >= 11 is 0. The first-order chi connectivity index (χ1) is 15.5. The maximum atomic E-state index is 13.6. The molecule has 0 radical (unpaired) electrons. The number of nitrogens with zero attached hydrogens (tertiary/aromatic N) is 1. The molecule has 1 heterocycles. The first-order valence-corrected chi connectivity index (χ1v) is 11.4. The van der Waals surface area contributed by atoms with E-state index in [1.54, 1.807) is 18.2 Å². The summed E-state index contributed by atoms with van der Waals surface area (Å²) in [5.74, 6) is 1.18. The van der Waals surface area contributed by atoms with E-state index in [1.807, 2.05) is 11.8 Å². The van der Waals surface area contributed by atoms with Crippen LogP contribution in [0.25, 0.3) is 0 Å². The van der Waals surface area contributed by atoms with Gasteiger partial charge < -0.3 is 10.0 Å². The monoisotopic (exact) mass is 452 g/mol. The van der Waals surface area contributed by atoms with Gasteiger partial charge in [0.25, 0.3) is 0 Å². The molecule has 1 aliphatic carbocycles. The highest BCUT2D eigenvalue weighted by Gasteiger charge is 2.52. The molecule has 1 aromatic carbocycles. The summed E-state index contributed by atoms with van der Waals surface area (Å²) in [5, 5.41) is 12.7. The predicted octanol–water partition coefficient (Wildman–Crippen LogP) is 4.82. The van der Waals surface area contributed by atoms with Crippen molar-refractivity contribution >= 4 is 11.9 Å². The van der Waals surface area contributed by atoms with Crippen molar-refractivity contribution in [2.24, 2.45) is 11.3 Å². The van der Waals surface area contributed by atoms with Crippen molar-refractivity contribution in [1.82, 2.24) is 10.2 Å². The maximum Gasteiger partial charge on any atom is 0.344 e. The van der Waals surface area contributed by atoms with Gasteiger partial charge in [-0.1, -0.05) is 50.5 Å². The Morgan fingerprint density at radius 3 is 2.39 bits per heavy atom. The third kappa shape index (κ3) is 5.36. The predicted molar refractivity (Wildman–Crippen MR) is 126 cm³/mol. The summed E-state index contributed by atoms with van der Waals surface area (Å²) in [6.07, 6.45) is 12.0. The van der Waals surface area contributed by atoms with E-state index in [4.69, 9.17) is 11.5 Å². The van der Waals surface area contributed by atoms with Crippen LogP contribution in [0, 0.1) is 29.5 Å². The number of terminal acetylenes is 1. The lowest BCUT2D eigenvalue weighted by Gasteiger charge is -2.46. The number of hydrogen-bond donors (Lipinski definition) is 2. The number of carboxylic acids is 1. The van der Waals surface area contributed by atoms with Crippen molar-refractivity contribution in [2.75, 3.05) is 6.54 Å². The zero-order valence-corrected chi connectivity index (χ0v) is 19.8. The minimum atomic E-state index is -1.16. The highest BCUT2D eigenvalue weighted by molar-refractivity contribution is 5.92. The van der Waals surface area contributed by atoms with Crippen LogP contribution in [0.5, 0.6) is 0 Å². The van der Waals surface area contributed by atoms with E-state index in [2.05, 4.69) is 32.0 Å². The molecule has 1 spiro atoms. The van der Waals surface area contributed by atoms with Gasteiger partial charge in [0.05, 0.1) is 5.66 Å². The van der Waals surface area contributed by atoms with Crippen LogP contribution in [0.3, 0.4) is 0 Å². The fourth-order valence-electron chi connectivity index (χ4n) is 4.97. The highest BCUT2D eigenvalue weighted by atomic mass is 19.1. The molecule has 3 rings (SSSR count). The molecule has 1 atom stereocenters. The Kier molecular flexibility index (Phi) is 7.14. The highest BCUT2D eigenvalue weighted by Crippen LogP contribution is 2.46. The van der Waals surface area contributed by atoms with Gasteiger partial charge in [0.2, 0.25) is 5.91 Å². The standard InChI is InChI=1S/C27H33FN2O3/c1-6-19(25(32)33)8-7-18(2)17-30-24(31)23(20-9-11-22(28)12-10-20)29-27(30)15-13-21(14-16-27)26(3,4)5/h1,7-12,21,23,29H,13-17H2,2-5H3,(H,32,33). The zero-order valence-electron chi connectivity index (χ0n) is 19.8. The SMILES string of the molecule is C#CC(=CC=C(C)CN1C(=O)C(c2ccc(F)cc2)NC12CCC(C(C)(C)C)CC2)C(=O)O. The van der Waals surface area contributed by atoms with Crippen LogP contribution in [0.1, 0.15) is 65.0 Å². The Morgan fingerprint density at radius 1 is 1.27 bits per heavy atom. The third-order valence-electron chi connectivity index (χ3n) is 7.01. The second kappa shape index (κ2) is 9.52. The van der Waals surface area contributed by atoms with Crippen molar-refractivity contribution in [3.63, 3.8) is 0 Å². The van der Waals surface area contributed by atoms with E-state index < -0.39 is 17.7 Å². The Bertz CT molecular complexity index is 1000. The molecule has 1 amide bonds. The first kappa shape index (κ1) is 24.7. The molecule has 1 unspecified atom stereocenters. The Hall–Kier alpha value is -2.91. The van der Waals surface area contributed by atoms with Crippen LogP contribution in [0.2, 0.25) is 0 Å². The van der Waals surface area contributed by atoms with Gasteiger partial charge >= 0.3 is 5.97 Å². The number of hydrogen-bond acceptors (Lipinski definition) is 3. The second-order valence-corrected chi connectivity index (χ2v) is 10.3. The van der Waals surface area contributed by atoms with E-state index in [0.717, 1.165) is 36.8 Å². The van der Waals surface area contributed by atoms with Gasteiger partial charge in [0.15, 0.2) is 0 Å². The molecule has 176 valence electrons. The average Bonchev–Trinajstić information content (AvgIpc) is 3.00. The maximum absolute atomic E-state index is 13.6. The van der Waals surface area contributed by atoms with Crippen LogP contribution in [-0.2, 0) is 9.59 Å². The lowest BCUT2D eigenvalue weighted by molar-refractivity contribution is -0.133. The summed E-state index contributed by atoms with van der Waals surface area (Å²) in [4.78, 5) is 26.6. The quantitative estimate of drug-likeness (QED) is 0.382. The van der Waals surface area contributed by atoms with Crippen molar-refractivity contribution in [1.29, 1.82) is 0 Å². The minimum Gasteiger partial charge on any atom is -0.477 e. The molecule has 1 aromatic rings. The van der Waals surface area contributed by atoms with Crippen molar-refractivity contribution in [2.45, 2.75) is 65.1 Å². The summed E-state index contributed by atoms with van der Waals surface area (Å²) < 4.78 is 13.5. The van der Waals surface area contributed by atoms with Crippen LogP contribution < -0.4 is 5.32 Å². The van der Waals surface area contributed by atoms with Crippen LogP contribution in [0.15, 0.2) is 47.6 Å². The van der Waals surface area contributed by atoms with Gasteiger partial charge in [-0.05, 0) is 67.7 Å². The molecule has 1 saturated heterocycles. The van der Waals surface area contributed by atoms with E-state index in [0.29, 0.717) is 12.5 Å². The smallest absolute Gasteiger partial charge is 0.344 e. The number of carbonyl (C=O) groups is 2. The summed E-state index contributed by atoms with van der Waals surface area (Å²) in [5.41, 5.74) is 1.15. The molecule has 1 saturated carbocycles. The molecule has 6 heteroatoms. The van der Waals surface area contributed by atoms with Gasteiger partial charge in [-0.3, -0.25) is 10.1 Å². The molecular weight excluding hydrogens is 419 g/mol. The van der Waals surface area contributed by atoms with E-state index >= 15 is 0 Å². The average molecular weight is 453 g/mol. The Morgan fingerprint density at radius 2 is 1.88 bits per heavy atom. The number of halogens is 1. The van der Waals surface area contributed by atoms with Crippen molar-refractivity contribution in [3.8, 4) is 12.3 Å². The first-order valence-electron chi connectivity index (χ1n) is 11.4. The molecule has 5 nitrogen and oxygen atoms in total. The third-order valence-corrected chi connectivity index (χ3v) is 7.01. The van der Waals surface area contributed by atoms with Crippen LogP contribution in [-0.4, -0.2) is 34.1 Å². The molecule has 2 N–H and O–H groups in total. The topological polar surface area (TPSA) is 69.6 Å². The number of nitrogens with one attached hydrogen (secondary N) is 1. The normalized spacial score (nSPS) is 26.5. The summed E-state index contributed by atoms with van der Waals surface area (Å²) in [6, 6.07) is 5.51. The van der Waals surface area contributed by atoms with E-state index in [-0.39, 0.29) is 22.7 Å². The fourth-order valence-corrected chi connectivity index (χ4v) is 4.97. The number of rotatable bonds is 5. The summed E-state index contributed by atoms with van der Waals surface area (Å²) in [6.45, 7) is 8.99. The van der Waals surface area contributed by atoms with Crippen molar-refractivity contribution in [3.05, 3.63) is 58.9 Å².